The van der Waals surface area contributed by atoms with E-state index in [1.165, 1.54) is 31.2 Å². The molecule has 5 nitrogen and oxygen atoms in total. The Hall–Kier alpha value is -2.60. The Morgan fingerprint density at radius 1 is 1.21 bits per heavy atom. The normalized spacial score (nSPS) is 11.5. The van der Waals surface area contributed by atoms with Crippen LogP contribution in [-0.4, -0.2) is 24.6 Å². The zero-order chi connectivity index (χ0) is 17.5. The van der Waals surface area contributed by atoms with E-state index in [-0.39, 0.29) is 0 Å². The molecular weight excluding hydrogens is 337 g/mol. The summed E-state index contributed by atoms with van der Waals surface area (Å²) in [7, 11) is 0. The molecule has 2 aromatic carbocycles. The van der Waals surface area contributed by atoms with Crippen molar-refractivity contribution in [1.29, 1.82) is 0 Å². The monoisotopic (exact) mass is 351 g/mol. The van der Waals surface area contributed by atoms with Gasteiger partial charge in [0.25, 0.3) is 5.91 Å². The third-order valence-electron chi connectivity index (χ3n) is 2.91. The molecule has 0 radical (unpaired) electrons. The molecule has 126 valence electrons. The molecule has 1 unspecified atom stereocenters. The lowest BCUT2D eigenvalue weighted by atomic mass is 10.3. The van der Waals surface area contributed by atoms with Gasteiger partial charge < -0.3 is 14.8 Å². The third kappa shape index (κ3) is 5.55. The summed E-state index contributed by atoms with van der Waals surface area (Å²) in [5, 5.41) is 2.96. The van der Waals surface area contributed by atoms with E-state index in [9.17, 15) is 14.0 Å². The minimum absolute atomic E-state index is 0.403. The molecule has 7 heteroatoms. The summed E-state index contributed by atoms with van der Waals surface area (Å²) in [4.78, 5) is 23.5. The van der Waals surface area contributed by atoms with Crippen LogP contribution in [0.5, 0.6) is 5.75 Å². The number of carbonyl (C=O) groups excluding carboxylic acids is 2. The second-order valence-corrected chi connectivity index (χ2v) is 5.32. The van der Waals surface area contributed by atoms with Crippen LogP contribution in [-0.2, 0) is 14.3 Å². The van der Waals surface area contributed by atoms with Crippen LogP contribution in [0.2, 0.25) is 5.02 Å². The number of carbonyl (C=O) groups is 2. The molecule has 0 aromatic heterocycles. The Morgan fingerprint density at radius 2 is 1.92 bits per heavy atom. The number of hydrogen-bond acceptors (Lipinski definition) is 4. The molecule has 24 heavy (non-hydrogen) atoms. The highest BCUT2D eigenvalue weighted by Gasteiger charge is 2.18. The molecule has 2 aromatic rings. The smallest absolute Gasteiger partial charge is 0.347 e. The van der Waals surface area contributed by atoms with Gasteiger partial charge in [0.05, 0.1) is 0 Å². The number of esters is 1. The van der Waals surface area contributed by atoms with Crippen molar-refractivity contribution in [3.8, 4) is 5.75 Å². The minimum atomic E-state index is -0.901. The number of rotatable bonds is 6. The van der Waals surface area contributed by atoms with Crippen molar-refractivity contribution in [2.75, 3.05) is 11.9 Å². The molecule has 0 saturated heterocycles. The van der Waals surface area contributed by atoms with Gasteiger partial charge in [0, 0.05) is 10.7 Å². The highest BCUT2D eigenvalue weighted by Crippen LogP contribution is 2.18. The van der Waals surface area contributed by atoms with E-state index >= 15 is 0 Å². The van der Waals surface area contributed by atoms with Crippen LogP contribution in [0.4, 0.5) is 10.1 Å². The third-order valence-corrected chi connectivity index (χ3v) is 3.15. The number of nitrogens with one attached hydrogen (secondary N) is 1. The molecule has 0 saturated carbocycles. The topological polar surface area (TPSA) is 64.6 Å². The quantitative estimate of drug-likeness (QED) is 0.810. The number of anilines is 1. The highest BCUT2D eigenvalue weighted by atomic mass is 35.5. The lowest BCUT2D eigenvalue weighted by Gasteiger charge is -2.14. The van der Waals surface area contributed by atoms with E-state index < -0.39 is 30.4 Å². The fourth-order valence-electron chi connectivity index (χ4n) is 1.78. The largest absolute Gasteiger partial charge is 0.479 e. The number of amides is 1. The average molecular weight is 352 g/mol. The predicted molar refractivity (Wildman–Crippen MR) is 87.5 cm³/mol. The Bertz CT molecular complexity index is 721. The molecule has 0 bridgehead atoms. The van der Waals surface area contributed by atoms with Gasteiger partial charge in [-0.1, -0.05) is 17.7 Å². The van der Waals surface area contributed by atoms with E-state index in [0.29, 0.717) is 16.5 Å². The Kier molecular flexibility index (Phi) is 6.14. The van der Waals surface area contributed by atoms with Crippen molar-refractivity contribution in [2.24, 2.45) is 0 Å². The molecular formula is C17H15ClFNO4. The van der Waals surface area contributed by atoms with Crippen LogP contribution in [0.25, 0.3) is 0 Å². The van der Waals surface area contributed by atoms with Gasteiger partial charge in [0.1, 0.15) is 11.6 Å². The first-order chi connectivity index (χ1) is 11.4. The first kappa shape index (κ1) is 17.7. The van der Waals surface area contributed by atoms with Gasteiger partial charge in [0.2, 0.25) is 0 Å². The summed E-state index contributed by atoms with van der Waals surface area (Å²) in [6.45, 7) is 1.03. The molecule has 0 spiro atoms. The van der Waals surface area contributed by atoms with Crippen molar-refractivity contribution in [1.82, 2.24) is 0 Å². The minimum Gasteiger partial charge on any atom is -0.479 e. The average Bonchev–Trinajstić information content (AvgIpc) is 2.54. The second-order valence-electron chi connectivity index (χ2n) is 4.88. The van der Waals surface area contributed by atoms with Crippen LogP contribution >= 0.6 is 11.6 Å². The SMILES string of the molecule is CC(Oc1cccc(Cl)c1)C(=O)OCC(=O)Nc1ccc(F)cc1. The molecule has 1 amide bonds. The number of hydrogen-bond donors (Lipinski definition) is 1. The zero-order valence-electron chi connectivity index (χ0n) is 12.8. The fourth-order valence-corrected chi connectivity index (χ4v) is 1.96. The summed E-state index contributed by atoms with van der Waals surface area (Å²) < 4.78 is 23.0. The molecule has 1 N–H and O–H groups in total. The lowest BCUT2D eigenvalue weighted by Crippen LogP contribution is -2.29. The second kappa shape index (κ2) is 8.31. The zero-order valence-corrected chi connectivity index (χ0v) is 13.5. The summed E-state index contributed by atoms with van der Waals surface area (Å²) >= 11 is 5.82. The van der Waals surface area contributed by atoms with Crippen molar-refractivity contribution in [2.45, 2.75) is 13.0 Å². The van der Waals surface area contributed by atoms with Crippen LogP contribution in [0.1, 0.15) is 6.92 Å². The van der Waals surface area contributed by atoms with E-state index in [1.54, 1.807) is 24.3 Å². The number of benzene rings is 2. The summed E-state index contributed by atoms with van der Waals surface area (Å²) in [5.74, 6) is -1.22. The van der Waals surface area contributed by atoms with Crippen molar-refractivity contribution < 1.29 is 23.5 Å². The van der Waals surface area contributed by atoms with Crippen LogP contribution < -0.4 is 10.1 Å². The number of halogens is 2. The van der Waals surface area contributed by atoms with Gasteiger partial charge in [-0.2, -0.15) is 0 Å². The van der Waals surface area contributed by atoms with E-state index in [4.69, 9.17) is 21.1 Å². The van der Waals surface area contributed by atoms with E-state index in [1.807, 2.05) is 0 Å². The first-order valence-corrected chi connectivity index (χ1v) is 7.46. The maximum atomic E-state index is 12.8. The summed E-state index contributed by atoms with van der Waals surface area (Å²) in [6.07, 6.45) is -0.901. The van der Waals surface area contributed by atoms with Crippen LogP contribution in [0, 0.1) is 5.82 Å². The van der Waals surface area contributed by atoms with Gasteiger partial charge in [-0.25, -0.2) is 9.18 Å². The first-order valence-electron chi connectivity index (χ1n) is 7.08. The van der Waals surface area contributed by atoms with Gasteiger partial charge in [0.15, 0.2) is 12.7 Å². The fraction of sp³-hybridized carbons (Fsp3) is 0.176. The predicted octanol–water partition coefficient (Wildman–Crippen LogP) is 3.43. The Labute approximate surface area is 143 Å². The van der Waals surface area contributed by atoms with Crippen LogP contribution in [0.15, 0.2) is 48.5 Å². The van der Waals surface area contributed by atoms with Gasteiger partial charge in [-0.15, -0.1) is 0 Å². The summed E-state index contributed by atoms with van der Waals surface area (Å²) in [5.41, 5.74) is 0.403. The molecule has 0 heterocycles. The van der Waals surface area contributed by atoms with Gasteiger partial charge >= 0.3 is 5.97 Å². The van der Waals surface area contributed by atoms with Crippen LogP contribution in [0.3, 0.4) is 0 Å². The summed E-state index contributed by atoms with van der Waals surface area (Å²) in [6, 6.07) is 11.8. The van der Waals surface area contributed by atoms with Gasteiger partial charge in [-0.3, -0.25) is 4.79 Å². The Balaban J connectivity index is 1.79. The number of ether oxygens (including phenoxy) is 2. The Morgan fingerprint density at radius 3 is 2.58 bits per heavy atom. The van der Waals surface area contributed by atoms with E-state index in [2.05, 4.69) is 5.32 Å². The lowest BCUT2D eigenvalue weighted by molar-refractivity contribution is -0.153. The highest BCUT2D eigenvalue weighted by molar-refractivity contribution is 6.30. The molecule has 1 atom stereocenters. The van der Waals surface area contributed by atoms with E-state index in [0.717, 1.165) is 0 Å². The molecule has 2 rings (SSSR count). The molecule has 0 aliphatic rings. The van der Waals surface area contributed by atoms with Crippen molar-refractivity contribution >= 4 is 29.2 Å². The van der Waals surface area contributed by atoms with Crippen molar-refractivity contribution in [3.05, 3.63) is 59.4 Å². The molecule has 0 aliphatic carbocycles. The standard InChI is InChI=1S/C17H15ClFNO4/c1-11(24-15-4-2-3-12(18)9-15)17(22)23-10-16(21)20-14-7-5-13(19)6-8-14/h2-9,11H,10H2,1H3,(H,20,21). The van der Waals surface area contributed by atoms with Crippen molar-refractivity contribution in [3.63, 3.8) is 0 Å². The van der Waals surface area contributed by atoms with Gasteiger partial charge in [-0.05, 0) is 49.4 Å². The molecule has 0 fully saturated rings. The maximum Gasteiger partial charge on any atom is 0.347 e. The maximum absolute atomic E-state index is 12.8. The molecule has 0 aliphatic heterocycles.